The summed E-state index contributed by atoms with van der Waals surface area (Å²) < 4.78 is 11.6. The third-order valence-electron chi connectivity index (χ3n) is 5.44. The van der Waals surface area contributed by atoms with Crippen molar-refractivity contribution in [3.05, 3.63) is 75.3 Å². The summed E-state index contributed by atoms with van der Waals surface area (Å²) in [4.78, 5) is 14.7. The molecule has 5 rings (SSSR count). The van der Waals surface area contributed by atoms with Crippen LogP contribution in [0.25, 0.3) is 16.7 Å². The van der Waals surface area contributed by atoms with Gasteiger partial charge < -0.3 is 9.64 Å². The highest BCUT2D eigenvalue weighted by molar-refractivity contribution is 7.71. The summed E-state index contributed by atoms with van der Waals surface area (Å²) in [5.74, 6) is 0.579. The Kier molecular flexibility index (Phi) is 4.75. The molecule has 148 valence electrons. The van der Waals surface area contributed by atoms with Crippen molar-refractivity contribution in [3.63, 3.8) is 0 Å². The molecule has 0 spiro atoms. The van der Waals surface area contributed by atoms with Gasteiger partial charge >= 0.3 is 0 Å². The Morgan fingerprint density at radius 1 is 1.03 bits per heavy atom. The van der Waals surface area contributed by atoms with Gasteiger partial charge in [0.1, 0.15) is 13.1 Å². The standard InChI is InChI=1S/C21H21N5O2S/c27-19-17-8-4-5-9-18(17)26-20(24(19)14-16-6-2-1-3-7-16)22-25(21(26)29)15-23-10-12-28-13-11-23/h1-9H,10-15H2/p+1. The van der Waals surface area contributed by atoms with E-state index in [1.807, 2.05) is 63.7 Å². The second-order valence-electron chi connectivity index (χ2n) is 7.33. The van der Waals surface area contributed by atoms with Gasteiger partial charge in [-0.25, -0.2) is 0 Å². The van der Waals surface area contributed by atoms with E-state index in [4.69, 9.17) is 22.1 Å². The molecule has 0 unspecified atom stereocenters. The Morgan fingerprint density at radius 3 is 2.55 bits per heavy atom. The zero-order valence-corrected chi connectivity index (χ0v) is 16.8. The molecule has 1 saturated heterocycles. The second kappa shape index (κ2) is 7.55. The van der Waals surface area contributed by atoms with E-state index in [1.165, 1.54) is 4.90 Å². The Balaban J connectivity index is 1.71. The maximum absolute atomic E-state index is 13.3. The first-order chi connectivity index (χ1) is 14.2. The van der Waals surface area contributed by atoms with E-state index in [0.29, 0.717) is 29.1 Å². The average molecular weight is 409 g/mol. The average Bonchev–Trinajstić information content (AvgIpc) is 3.09. The van der Waals surface area contributed by atoms with Gasteiger partial charge in [0.25, 0.3) is 5.56 Å². The molecule has 1 fully saturated rings. The fourth-order valence-electron chi connectivity index (χ4n) is 3.91. The largest absolute Gasteiger partial charge is 0.370 e. The summed E-state index contributed by atoms with van der Waals surface area (Å²) in [5, 5.41) is 5.43. The molecule has 2 aromatic carbocycles. The van der Waals surface area contributed by atoms with E-state index in [9.17, 15) is 4.79 Å². The van der Waals surface area contributed by atoms with Crippen LogP contribution in [0.2, 0.25) is 0 Å². The highest BCUT2D eigenvalue weighted by Gasteiger charge is 2.19. The van der Waals surface area contributed by atoms with Crippen LogP contribution in [0.15, 0.2) is 59.4 Å². The minimum Gasteiger partial charge on any atom is -0.370 e. The highest BCUT2D eigenvalue weighted by atomic mass is 32.1. The molecule has 0 saturated carbocycles. The van der Waals surface area contributed by atoms with Crippen molar-refractivity contribution < 1.29 is 9.64 Å². The van der Waals surface area contributed by atoms with Gasteiger partial charge in [-0.1, -0.05) is 42.5 Å². The van der Waals surface area contributed by atoms with Gasteiger partial charge in [-0.15, -0.1) is 5.10 Å². The molecule has 0 atom stereocenters. The van der Waals surface area contributed by atoms with Gasteiger partial charge in [-0.05, 0) is 29.9 Å². The minimum atomic E-state index is -0.0529. The predicted octanol–water partition coefficient (Wildman–Crippen LogP) is 1.10. The molecule has 1 N–H and O–H groups in total. The van der Waals surface area contributed by atoms with Crippen molar-refractivity contribution in [1.82, 2.24) is 18.7 Å². The van der Waals surface area contributed by atoms with Crippen LogP contribution in [-0.4, -0.2) is 45.1 Å². The predicted molar refractivity (Wildman–Crippen MR) is 113 cm³/mol. The molecule has 0 amide bonds. The van der Waals surface area contributed by atoms with Gasteiger partial charge in [-0.3, -0.25) is 13.8 Å². The molecule has 4 aromatic rings. The first-order valence-corrected chi connectivity index (χ1v) is 10.2. The number of fused-ring (bicyclic) bond motifs is 3. The molecule has 8 heteroatoms. The van der Waals surface area contributed by atoms with Crippen molar-refractivity contribution in [3.8, 4) is 0 Å². The molecule has 29 heavy (non-hydrogen) atoms. The number of aromatic nitrogens is 4. The molecule has 1 aliphatic rings. The van der Waals surface area contributed by atoms with Gasteiger partial charge in [0.15, 0.2) is 6.67 Å². The van der Waals surface area contributed by atoms with Crippen LogP contribution in [0, 0.1) is 4.77 Å². The van der Waals surface area contributed by atoms with Crippen LogP contribution in [0.5, 0.6) is 0 Å². The fraction of sp³-hybridized carbons (Fsp3) is 0.286. The van der Waals surface area contributed by atoms with Crippen molar-refractivity contribution in [2.24, 2.45) is 0 Å². The normalized spacial score (nSPS) is 15.3. The van der Waals surface area contributed by atoms with Gasteiger partial charge in [-0.2, -0.15) is 4.68 Å². The summed E-state index contributed by atoms with van der Waals surface area (Å²) in [5.41, 5.74) is 1.79. The lowest BCUT2D eigenvalue weighted by Gasteiger charge is -2.23. The molecule has 0 radical (unpaired) electrons. The van der Waals surface area contributed by atoms with E-state index in [2.05, 4.69) is 0 Å². The van der Waals surface area contributed by atoms with E-state index < -0.39 is 0 Å². The zero-order valence-electron chi connectivity index (χ0n) is 16.0. The number of rotatable bonds is 4. The summed E-state index contributed by atoms with van der Waals surface area (Å²) in [6.07, 6.45) is 0. The number of benzene rings is 2. The summed E-state index contributed by atoms with van der Waals surface area (Å²) >= 11 is 5.79. The molecule has 7 nitrogen and oxygen atoms in total. The van der Waals surface area contributed by atoms with E-state index in [-0.39, 0.29) is 5.56 Å². The second-order valence-corrected chi connectivity index (χ2v) is 7.70. The van der Waals surface area contributed by atoms with Crippen LogP contribution >= 0.6 is 12.2 Å². The first-order valence-electron chi connectivity index (χ1n) is 9.79. The molecule has 2 aromatic heterocycles. The third kappa shape index (κ3) is 3.29. The summed E-state index contributed by atoms with van der Waals surface area (Å²) in [6.45, 7) is 4.46. The van der Waals surface area contributed by atoms with Crippen LogP contribution < -0.4 is 10.5 Å². The van der Waals surface area contributed by atoms with E-state index >= 15 is 0 Å². The van der Waals surface area contributed by atoms with Gasteiger partial charge in [0.05, 0.1) is 30.7 Å². The Bertz CT molecular complexity index is 1290. The molecule has 0 aliphatic carbocycles. The van der Waals surface area contributed by atoms with Crippen LogP contribution in [-0.2, 0) is 18.0 Å². The number of hydrogen-bond donors (Lipinski definition) is 1. The number of para-hydroxylation sites is 1. The van der Waals surface area contributed by atoms with Crippen molar-refractivity contribution in [1.29, 1.82) is 0 Å². The van der Waals surface area contributed by atoms with Crippen LogP contribution in [0.3, 0.4) is 0 Å². The number of morpholine rings is 1. The molecular weight excluding hydrogens is 386 g/mol. The smallest absolute Gasteiger partial charge is 0.263 e. The molecule has 0 bridgehead atoms. The maximum atomic E-state index is 13.3. The van der Waals surface area contributed by atoms with Crippen molar-refractivity contribution in [2.75, 3.05) is 26.3 Å². The van der Waals surface area contributed by atoms with Gasteiger partial charge in [0.2, 0.25) is 10.5 Å². The monoisotopic (exact) mass is 408 g/mol. The Labute approximate surface area is 172 Å². The lowest BCUT2D eigenvalue weighted by Crippen LogP contribution is -3.13. The van der Waals surface area contributed by atoms with Crippen molar-refractivity contribution in [2.45, 2.75) is 13.2 Å². The number of hydrogen-bond acceptors (Lipinski definition) is 4. The quantitative estimate of drug-likeness (QED) is 0.514. The molecular formula is C21H22N5O2S+. The Hall–Kier alpha value is -2.81. The van der Waals surface area contributed by atoms with Crippen molar-refractivity contribution >= 4 is 28.9 Å². The lowest BCUT2D eigenvalue weighted by molar-refractivity contribution is -0.930. The highest BCUT2D eigenvalue weighted by Crippen LogP contribution is 2.15. The number of nitrogens with one attached hydrogen (secondary N) is 1. The van der Waals surface area contributed by atoms with E-state index in [1.54, 1.807) is 4.57 Å². The molecule has 3 heterocycles. The fourth-order valence-corrected chi connectivity index (χ4v) is 4.19. The number of quaternary nitrogens is 1. The zero-order chi connectivity index (χ0) is 19.8. The number of ether oxygens (including phenoxy) is 1. The Morgan fingerprint density at radius 2 is 1.76 bits per heavy atom. The SMILES string of the molecule is O=c1c2ccccc2n2c(=S)n(C[NH+]3CCOCC3)nc2n1Cc1ccccc1. The number of nitrogens with zero attached hydrogens (tertiary/aromatic N) is 4. The lowest BCUT2D eigenvalue weighted by atomic mass is 10.2. The van der Waals surface area contributed by atoms with Crippen LogP contribution in [0.4, 0.5) is 0 Å². The van der Waals surface area contributed by atoms with Crippen LogP contribution in [0.1, 0.15) is 5.56 Å². The molecule has 1 aliphatic heterocycles. The maximum Gasteiger partial charge on any atom is 0.263 e. The summed E-state index contributed by atoms with van der Waals surface area (Å²) in [6, 6.07) is 17.5. The summed E-state index contributed by atoms with van der Waals surface area (Å²) in [7, 11) is 0. The first kappa shape index (κ1) is 18.2. The minimum absolute atomic E-state index is 0.0529. The van der Waals surface area contributed by atoms with E-state index in [0.717, 1.165) is 37.4 Å². The topological polar surface area (TPSA) is 57.9 Å². The third-order valence-corrected chi connectivity index (χ3v) is 5.83. The van der Waals surface area contributed by atoms with Gasteiger partial charge in [0, 0.05) is 0 Å².